The van der Waals surface area contributed by atoms with E-state index in [1.807, 2.05) is 36.4 Å². The van der Waals surface area contributed by atoms with E-state index < -0.39 is 17.7 Å². The Kier molecular flexibility index (Phi) is 3.75. The lowest BCUT2D eigenvalue weighted by Crippen LogP contribution is -2.13. The molecule has 1 unspecified atom stereocenters. The predicted octanol–water partition coefficient (Wildman–Crippen LogP) is 5.58. The van der Waals surface area contributed by atoms with Gasteiger partial charge in [0.25, 0.3) is 0 Å². The van der Waals surface area contributed by atoms with Crippen LogP contribution in [0.3, 0.4) is 0 Å². The second kappa shape index (κ2) is 5.87. The van der Waals surface area contributed by atoms with Crippen molar-refractivity contribution in [3.63, 3.8) is 0 Å². The van der Waals surface area contributed by atoms with Crippen molar-refractivity contribution in [1.29, 1.82) is 0 Å². The number of hydrogen-bond acceptors (Lipinski definition) is 2. The average molecular weight is 355 g/mol. The molecule has 0 radical (unpaired) electrons. The number of aromatic nitrogens is 1. The Balaban J connectivity index is 2.02. The number of hydrogen-bond donors (Lipinski definition) is 0. The van der Waals surface area contributed by atoms with Gasteiger partial charge in [-0.3, -0.25) is 4.98 Å². The van der Waals surface area contributed by atoms with Crippen LogP contribution in [0.5, 0.6) is 5.75 Å². The maximum absolute atomic E-state index is 13.8. The highest BCUT2D eigenvalue weighted by atomic mass is 19.4. The first-order valence-electron chi connectivity index (χ1n) is 8.22. The normalized spacial score (nSPS) is 15.5. The van der Waals surface area contributed by atoms with Gasteiger partial charge in [-0.05, 0) is 36.2 Å². The molecule has 0 saturated heterocycles. The Hall–Kier alpha value is -2.82. The van der Waals surface area contributed by atoms with Gasteiger partial charge in [0.1, 0.15) is 5.75 Å². The zero-order valence-corrected chi connectivity index (χ0v) is 14.3. The maximum Gasteiger partial charge on any atom is 0.416 e. The van der Waals surface area contributed by atoms with Crippen molar-refractivity contribution in [1.82, 2.24) is 4.98 Å². The number of halogens is 3. The zero-order valence-electron chi connectivity index (χ0n) is 14.3. The van der Waals surface area contributed by atoms with Crippen LogP contribution in [0, 0.1) is 6.92 Å². The molecule has 0 spiro atoms. The molecule has 1 heterocycles. The number of alkyl halides is 3. The maximum atomic E-state index is 13.8. The van der Waals surface area contributed by atoms with Crippen molar-refractivity contribution < 1.29 is 17.9 Å². The molecule has 0 N–H and O–H groups in total. The standard InChI is InChI=1S/C21H16F3NO/c1-12-11-17(21(22,23)24)19-18(13-7-9-14(26-2)10-8-13)15-5-3-4-6-16(15)20(19)25-12/h3-11,18H,1-2H3. The molecule has 4 rings (SSSR count). The van der Waals surface area contributed by atoms with E-state index in [0.717, 1.165) is 22.8 Å². The molecule has 1 aliphatic rings. The summed E-state index contributed by atoms with van der Waals surface area (Å²) >= 11 is 0. The quantitative estimate of drug-likeness (QED) is 0.468. The van der Waals surface area contributed by atoms with Crippen LogP contribution in [0.15, 0.2) is 54.6 Å². The van der Waals surface area contributed by atoms with E-state index in [1.165, 1.54) is 0 Å². The number of nitrogens with zero attached hydrogens (tertiary/aromatic N) is 1. The summed E-state index contributed by atoms with van der Waals surface area (Å²) in [7, 11) is 1.56. The highest BCUT2D eigenvalue weighted by molar-refractivity contribution is 5.79. The fraction of sp³-hybridized carbons (Fsp3) is 0.190. The number of ether oxygens (including phenoxy) is 1. The summed E-state index contributed by atoms with van der Waals surface area (Å²) in [5.74, 6) is 0.162. The second-order valence-corrected chi connectivity index (χ2v) is 6.36. The van der Waals surface area contributed by atoms with E-state index in [-0.39, 0.29) is 5.56 Å². The predicted molar refractivity (Wildman–Crippen MR) is 93.4 cm³/mol. The van der Waals surface area contributed by atoms with Crippen LogP contribution in [0.4, 0.5) is 13.2 Å². The molecule has 0 aliphatic heterocycles. The van der Waals surface area contributed by atoms with Gasteiger partial charge in [0.15, 0.2) is 0 Å². The van der Waals surface area contributed by atoms with Crippen LogP contribution < -0.4 is 4.74 Å². The number of aryl methyl sites for hydroxylation is 1. The smallest absolute Gasteiger partial charge is 0.416 e. The Morgan fingerprint density at radius 1 is 1.00 bits per heavy atom. The summed E-state index contributed by atoms with van der Waals surface area (Å²) < 4.78 is 46.6. The van der Waals surface area contributed by atoms with Gasteiger partial charge in [-0.1, -0.05) is 36.4 Å². The van der Waals surface area contributed by atoms with E-state index in [9.17, 15) is 13.2 Å². The van der Waals surface area contributed by atoms with Gasteiger partial charge in [0.05, 0.1) is 18.4 Å². The van der Waals surface area contributed by atoms with Crippen molar-refractivity contribution in [3.05, 3.63) is 82.5 Å². The largest absolute Gasteiger partial charge is 0.497 e. The highest BCUT2D eigenvalue weighted by Gasteiger charge is 2.42. The monoisotopic (exact) mass is 355 g/mol. The first-order valence-corrected chi connectivity index (χ1v) is 8.22. The van der Waals surface area contributed by atoms with Gasteiger partial charge in [0.2, 0.25) is 0 Å². The average Bonchev–Trinajstić information content (AvgIpc) is 2.94. The molecule has 1 aliphatic carbocycles. The van der Waals surface area contributed by atoms with Crippen molar-refractivity contribution >= 4 is 0 Å². The molecule has 26 heavy (non-hydrogen) atoms. The zero-order chi connectivity index (χ0) is 18.5. The molecule has 1 aromatic heterocycles. The number of methoxy groups -OCH3 is 1. The molecule has 5 heteroatoms. The van der Waals surface area contributed by atoms with Gasteiger partial charge in [0, 0.05) is 22.7 Å². The molecule has 0 amide bonds. The number of fused-ring (bicyclic) bond motifs is 3. The van der Waals surface area contributed by atoms with E-state index in [0.29, 0.717) is 17.1 Å². The minimum Gasteiger partial charge on any atom is -0.497 e. The lowest BCUT2D eigenvalue weighted by molar-refractivity contribution is -0.138. The molecular formula is C21H16F3NO. The minimum absolute atomic E-state index is 0.231. The SMILES string of the molecule is COc1ccc(C2c3ccccc3-c3nc(C)cc(C(F)(F)F)c32)cc1. The third-order valence-electron chi connectivity index (χ3n) is 4.76. The molecule has 132 valence electrons. The number of rotatable bonds is 2. The molecule has 3 aromatic rings. The molecule has 2 aromatic carbocycles. The van der Waals surface area contributed by atoms with E-state index in [4.69, 9.17) is 4.74 Å². The van der Waals surface area contributed by atoms with Gasteiger partial charge in [-0.25, -0.2) is 0 Å². The highest BCUT2D eigenvalue weighted by Crippen LogP contribution is 2.51. The van der Waals surface area contributed by atoms with Gasteiger partial charge in [-0.2, -0.15) is 13.2 Å². The van der Waals surface area contributed by atoms with Crippen LogP contribution in [0.25, 0.3) is 11.3 Å². The number of pyridine rings is 1. The topological polar surface area (TPSA) is 22.1 Å². The third-order valence-corrected chi connectivity index (χ3v) is 4.76. The lowest BCUT2D eigenvalue weighted by atomic mass is 9.87. The lowest BCUT2D eigenvalue weighted by Gasteiger charge is -2.19. The summed E-state index contributed by atoms with van der Waals surface area (Å²) in [5.41, 5.74) is 2.79. The first-order chi connectivity index (χ1) is 12.4. The molecular weight excluding hydrogens is 339 g/mol. The summed E-state index contributed by atoms with van der Waals surface area (Å²) in [6.45, 7) is 1.60. The van der Waals surface area contributed by atoms with E-state index in [2.05, 4.69) is 4.98 Å². The fourth-order valence-electron chi connectivity index (χ4n) is 3.68. The Bertz CT molecular complexity index is 978. The Morgan fingerprint density at radius 2 is 1.69 bits per heavy atom. The summed E-state index contributed by atoms with van der Waals surface area (Å²) in [6.07, 6.45) is -4.44. The van der Waals surface area contributed by atoms with Crippen molar-refractivity contribution in [2.24, 2.45) is 0 Å². The molecule has 0 fully saturated rings. The molecule has 1 atom stereocenters. The van der Waals surface area contributed by atoms with Gasteiger partial charge in [-0.15, -0.1) is 0 Å². The fourth-order valence-corrected chi connectivity index (χ4v) is 3.68. The van der Waals surface area contributed by atoms with Crippen molar-refractivity contribution in [3.8, 4) is 17.0 Å². The molecule has 0 bridgehead atoms. The van der Waals surface area contributed by atoms with Crippen LogP contribution in [-0.4, -0.2) is 12.1 Å². The second-order valence-electron chi connectivity index (χ2n) is 6.36. The van der Waals surface area contributed by atoms with Gasteiger partial charge < -0.3 is 4.74 Å². The summed E-state index contributed by atoms with van der Waals surface area (Å²) in [6, 6.07) is 15.7. The van der Waals surface area contributed by atoms with Crippen LogP contribution in [-0.2, 0) is 6.18 Å². The summed E-state index contributed by atoms with van der Waals surface area (Å²) in [4.78, 5) is 4.45. The van der Waals surface area contributed by atoms with Crippen LogP contribution in [0.2, 0.25) is 0 Å². The Labute approximate surface area is 149 Å². The number of benzene rings is 2. The van der Waals surface area contributed by atoms with Gasteiger partial charge >= 0.3 is 6.18 Å². The Morgan fingerprint density at radius 3 is 2.35 bits per heavy atom. The van der Waals surface area contributed by atoms with E-state index >= 15 is 0 Å². The molecule has 2 nitrogen and oxygen atoms in total. The minimum atomic E-state index is -4.44. The molecule has 0 saturated carbocycles. The van der Waals surface area contributed by atoms with E-state index in [1.54, 1.807) is 26.2 Å². The first kappa shape index (κ1) is 16.6. The van der Waals surface area contributed by atoms with Crippen LogP contribution in [0.1, 0.15) is 33.9 Å². The van der Waals surface area contributed by atoms with Crippen LogP contribution >= 0.6 is 0 Å². The third kappa shape index (κ3) is 2.55. The van der Waals surface area contributed by atoms with Crippen molar-refractivity contribution in [2.75, 3.05) is 7.11 Å². The summed E-state index contributed by atoms with van der Waals surface area (Å²) in [5, 5.41) is 0. The van der Waals surface area contributed by atoms with Crippen molar-refractivity contribution in [2.45, 2.75) is 19.0 Å².